The van der Waals surface area contributed by atoms with E-state index in [0.717, 1.165) is 16.6 Å². The minimum atomic E-state index is -0.960. The number of anilines is 2. The van der Waals surface area contributed by atoms with Gasteiger partial charge < -0.3 is 15.3 Å². The Labute approximate surface area is 212 Å². The first-order chi connectivity index (χ1) is 17.1. The molecule has 0 spiro atoms. The molecule has 1 aromatic carbocycles. The molecule has 8 nitrogen and oxygen atoms in total. The number of hydrogen-bond donors (Lipinski definition) is 2. The summed E-state index contributed by atoms with van der Waals surface area (Å²) in [5.41, 5.74) is 1.88. The van der Waals surface area contributed by atoms with E-state index in [0.29, 0.717) is 41.1 Å². The van der Waals surface area contributed by atoms with Crippen molar-refractivity contribution >= 4 is 39.9 Å². The zero-order valence-corrected chi connectivity index (χ0v) is 21.0. The Morgan fingerprint density at radius 3 is 2.75 bits per heavy atom. The highest BCUT2D eigenvalue weighted by atomic mass is 35.5. The van der Waals surface area contributed by atoms with Crippen molar-refractivity contribution in [2.45, 2.75) is 39.3 Å². The highest BCUT2D eigenvalue weighted by molar-refractivity contribution is 6.36. The Balaban J connectivity index is 1.42. The molecule has 36 heavy (non-hydrogen) atoms. The molecule has 10 heteroatoms. The molecule has 0 bridgehead atoms. The summed E-state index contributed by atoms with van der Waals surface area (Å²) in [4.78, 5) is 22.9. The minimum Gasteiger partial charge on any atom is -0.389 e. The molecule has 0 saturated carbocycles. The number of aliphatic hydroxyl groups is 1. The summed E-state index contributed by atoms with van der Waals surface area (Å²) in [6.07, 6.45) is 5.43. The maximum absolute atomic E-state index is 15.1. The average Bonchev–Trinajstić information content (AvgIpc) is 3.13. The maximum atomic E-state index is 15.1. The van der Waals surface area contributed by atoms with E-state index in [2.05, 4.69) is 20.4 Å². The van der Waals surface area contributed by atoms with Gasteiger partial charge in [0.15, 0.2) is 5.82 Å². The lowest BCUT2D eigenvalue weighted by molar-refractivity contribution is -0.134. The number of rotatable bonds is 5. The van der Waals surface area contributed by atoms with Crippen LogP contribution in [0.3, 0.4) is 0 Å². The van der Waals surface area contributed by atoms with Crippen LogP contribution in [-0.4, -0.2) is 54.4 Å². The summed E-state index contributed by atoms with van der Waals surface area (Å²) < 4.78 is 16.8. The minimum absolute atomic E-state index is 0.00707. The van der Waals surface area contributed by atoms with Gasteiger partial charge in [-0.3, -0.25) is 14.5 Å². The zero-order valence-electron chi connectivity index (χ0n) is 20.2. The number of halogens is 2. The maximum Gasteiger partial charge on any atom is 0.244 e. The van der Waals surface area contributed by atoms with Crippen LogP contribution in [0.15, 0.2) is 42.9 Å². The van der Waals surface area contributed by atoms with Crippen molar-refractivity contribution < 1.29 is 14.3 Å². The van der Waals surface area contributed by atoms with Crippen molar-refractivity contribution in [2.24, 2.45) is 0 Å². The normalized spacial score (nSPS) is 14.2. The SMILES string of the molecule is Cc1ccncc1-c1cc2cc(Nc3cc4n(n3)CC(=O)N(CC(C)(C)O)CC4)ncc2c(Cl)c1F. The second kappa shape index (κ2) is 9.15. The van der Waals surface area contributed by atoms with E-state index in [1.807, 2.05) is 19.1 Å². The molecule has 4 aromatic rings. The van der Waals surface area contributed by atoms with Gasteiger partial charge in [-0.25, -0.2) is 9.37 Å². The standard InChI is InChI=1S/C26H26ClFN6O2/c1-15-4-6-29-11-19(15)18-8-16-9-21(30-12-20(16)24(27)25(18)28)31-22-10-17-5-7-33(14-26(2,3)36)23(35)13-34(17)32-22/h4,6,8-12,36H,5,7,13-14H2,1-3H3,(H,30,31,32). The Morgan fingerprint density at radius 1 is 1.19 bits per heavy atom. The van der Waals surface area contributed by atoms with Crippen molar-refractivity contribution in [1.82, 2.24) is 24.6 Å². The fourth-order valence-electron chi connectivity index (χ4n) is 4.46. The first-order valence-corrected chi connectivity index (χ1v) is 12.0. The summed E-state index contributed by atoms with van der Waals surface area (Å²) in [5, 5.41) is 19.0. The van der Waals surface area contributed by atoms with Crippen LogP contribution in [-0.2, 0) is 17.8 Å². The highest BCUT2D eigenvalue weighted by Crippen LogP contribution is 2.36. The van der Waals surface area contributed by atoms with Gasteiger partial charge in [-0.15, -0.1) is 0 Å². The molecule has 1 amide bonds. The van der Waals surface area contributed by atoms with Gasteiger partial charge >= 0.3 is 0 Å². The third kappa shape index (κ3) is 4.76. The van der Waals surface area contributed by atoms with Gasteiger partial charge in [0.25, 0.3) is 0 Å². The quantitative estimate of drug-likeness (QED) is 0.412. The number of nitrogens with one attached hydrogen (secondary N) is 1. The predicted molar refractivity (Wildman–Crippen MR) is 137 cm³/mol. The second-order valence-electron chi connectivity index (χ2n) is 9.71. The number of carbonyl (C=O) groups excluding carboxylic acids is 1. The smallest absolute Gasteiger partial charge is 0.244 e. The molecule has 186 valence electrons. The van der Waals surface area contributed by atoms with Crippen LogP contribution in [0.2, 0.25) is 5.02 Å². The molecule has 0 radical (unpaired) electrons. The van der Waals surface area contributed by atoms with Gasteiger partial charge in [-0.1, -0.05) is 11.6 Å². The van der Waals surface area contributed by atoms with Crippen molar-refractivity contribution in [1.29, 1.82) is 0 Å². The molecular formula is C26H26ClFN6O2. The first kappa shape index (κ1) is 24.1. The third-order valence-electron chi connectivity index (χ3n) is 6.20. The number of carbonyl (C=O) groups is 1. The molecule has 0 atom stereocenters. The van der Waals surface area contributed by atoms with Crippen LogP contribution >= 0.6 is 11.6 Å². The highest BCUT2D eigenvalue weighted by Gasteiger charge is 2.26. The molecular weight excluding hydrogens is 483 g/mol. The predicted octanol–water partition coefficient (Wildman–Crippen LogP) is 4.49. The van der Waals surface area contributed by atoms with E-state index in [9.17, 15) is 9.90 Å². The van der Waals surface area contributed by atoms with Crippen LogP contribution in [0.1, 0.15) is 25.1 Å². The largest absolute Gasteiger partial charge is 0.389 e. The molecule has 1 aliphatic rings. The molecule has 3 aromatic heterocycles. The Kier molecular flexibility index (Phi) is 6.13. The second-order valence-corrected chi connectivity index (χ2v) is 10.1. The monoisotopic (exact) mass is 508 g/mol. The number of β-amino-alcohol motifs (C(OH)–C–C–N with tert-alkyl or cyclic N) is 1. The molecule has 0 aliphatic carbocycles. The van der Waals surface area contributed by atoms with E-state index in [1.54, 1.807) is 48.0 Å². The number of benzene rings is 1. The first-order valence-electron chi connectivity index (χ1n) is 11.6. The molecule has 0 saturated heterocycles. The van der Waals surface area contributed by atoms with Gasteiger partial charge in [0.1, 0.15) is 18.2 Å². The van der Waals surface area contributed by atoms with Crippen molar-refractivity contribution in [3.8, 4) is 11.1 Å². The average molecular weight is 509 g/mol. The van der Waals surface area contributed by atoms with Gasteiger partial charge in [0.2, 0.25) is 5.91 Å². The fourth-order valence-corrected chi connectivity index (χ4v) is 4.72. The third-order valence-corrected chi connectivity index (χ3v) is 6.57. The molecule has 1 aliphatic heterocycles. The topological polar surface area (TPSA) is 96.2 Å². The lowest BCUT2D eigenvalue weighted by Crippen LogP contribution is -2.43. The number of fused-ring (bicyclic) bond motifs is 2. The molecule has 4 heterocycles. The van der Waals surface area contributed by atoms with E-state index >= 15 is 4.39 Å². The summed E-state index contributed by atoms with van der Waals surface area (Å²) >= 11 is 6.37. The Bertz CT molecular complexity index is 1480. The van der Waals surface area contributed by atoms with Crippen molar-refractivity contribution in [2.75, 3.05) is 18.4 Å². The summed E-state index contributed by atoms with van der Waals surface area (Å²) in [7, 11) is 0. The lowest BCUT2D eigenvalue weighted by atomic mass is 9.99. The van der Waals surface area contributed by atoms with Crippen molar-refractivity contribution in [3.05, 3.63) is 65.0 Å². The van der Waals surface area contributed by atoms with Crippen LogP contribution in [0, 0.1) is 12.7 Å². The fraction of sp³-hybridized carbons (Fsp3) is 0.308. The van der Waals surface area contributed by atoms with Gasteiger partial charge in [0, 0.05) is 66.4 Å². The molecule has 0 fully saturated rings. The molecule has 5 rings (SSSR count). The zero-order chi connectivity index (χ0) is 25.6. The van der Waals surface area contributed by atoms with E-state index in [1.165, 1.54) is 6.20 Å². The summed E-state index contributed by atoms with van der Waals surface area (Å²) in [5.74, 6) is 0.465. The number of aryl methyl sites for hydroxylation is 1. The van der Waals surface area contributed by atoms with E-state index < -0.39 is 11.4 Å². The van der Waals surface area contributed by atoms with Gasteiger partial charge in [-0.2, -0.15) is 5.10 Å². The van der Waals surface area contributed by atoms with Crippen LogP contribution in [0.5, 0.6) is 0 Å². The van der Waals surface area contributed by atoms with Crippen LogP contribution in [0.4, 0.5) is 16.0 Å². The molecule has 0 unspecified atom stereocenters. The number of amides is 1. The number of nitrogens with zero attached hydrogens (tertiary/aromatic N) is 5. The number of hydrogen-bond acceptors (Lipinski definition) is 6. The Morgan fingerprint density at radius 2 is 2.00 bits per heavy atom. The lowest BCUT2D eigenvalue weighted by Gasteiger charge is -2.27. The number of pyridine rings is 2. The number of aromatic nitrogens is 4. The molecule has 2 N–H and O–H groups in total. The van der Waals surface area contributed by atoms with Gasteiger partial charge in [0.05, 0.1) is 10.6 Å². The summed E-state index contributed by atoms with van der Waals surface area (Å²) in [6.45, 7) is 6.14. The van der Waals surface area contributed by atoms with E-state index in [-0.39, 0.29) is 24.0 Å². The van der Waals surface area contributed by atoms with Gasteiger partial charge in [-0.05, 0) is 49.9 Å². The van der Waals surface area contributed by atoms with E-state index in [4.69, 9.17) is 11.6 Å². The summed E-state index contributed by atoms with van der Waals surface area (Å²) in [6, 6.07) is 7.24. The van der Waals surface area contributed by atoms with Crippen LogP contribution in [0.25, 0.3) is 21.9 Å². The van der Waals surface area contributed by atoms with Crippen LogP contribution < -0.4 is 5.32 Å². The Hall–Kier alpha value is -3.56. The van der Waals surface area contributed by atoms with Crippen molar-refractivity contribution in [3.63, 3.8) is 0 Å².